The molecule has 18 heavy (non-hydrogen) atoms. The zero-order valence-corrected chi connectivity index (χ0v) is 10.9. The maximum absolute atomic E-state index is 13.4. The van der Waals surface area contributed by atoms with E-state index in [0.29, 0.717) is 5.92 Å². The van der Waals surface area contributed by atoms with Crippen LogP contribution in [-0.4, -0.2) is 13.2 Å². The van der Waals surface area contributed by atoms with Crippen molar-refractivity contribution in [3.05, 3.63) is 34.6 Å². The van der Waals surface area contributed by atoms with Gasteiger partial charge in [0.2, 0.25) is 0 Å². The number of hydrogen-bond acceptors (Lipinski definition) is 3. The molecule has 1 saturated heterocycles. The molecule has 3 N–H and O–H groups in total. The Morgan fingerprint density at radius 2 is 2.17 bits per heavy atom. The predicted octanol–water partition coefficient (Wildman–Crippen LogP) is 2.80. The Morgan fingerprint density at radius 1 is 1.44 bits per heavy atom. The predicted molar refractivity (Wildman–Crippen MR) is 69.6 cm³/mol. The topological polar surface area (TPSA) is 47.3 Å². The average molecular weight is 273 g/mol. The van der Waals surface area contributed by atoms with Gasteiger partial charge < -0.3 is 4.74 Å². The Bertz CT molecular complexity index is 397. The minimum atomic E-state index is -0.401. The van der Waals surface area contributed by atoms with Crippen molar-refractivity contribution >= 4 is 11.6 Å². The van der Waals surface area contributed by atoms with Crippen molar-refractivity contribution in [2.75, 3.05) is 13.2 Å². The third-order valence-electron chi connectivity index (χ3n) is 3.46. The number of benzene rings is 1. The van der Waals surface area contributed by atoms with Crippen LogP contribution < -0.4 is 11.3 Å². The number of ether oxygens (including phenoxy) is 1. The van der Waals surface area contributed by atoms with Crippen LogP contribution in [0.3, 0.4) is 0 Å². The highest BCUT2D eigenvalue weighted by Gasteiger charge is 2.20. The van der Waals surface area contributed by atoms with Gasteiger partial charge in [-0.05, 0) is 42.9 Å². The quantitative estimate of drug-likeness (QED) is 0.654. The van der Waals surface area contributed by atoms with Crippen molar-refractivity contribution in [1.29, 1.82) is 0 Å². The van der Waals surface area contributed by atoms with E-state index < -0.39 is 5.82 Å². The Balaban J connectivity index is 2.04. The van der Waals surface area contributed by atoms with Crippen LogP contribution in [0.1, 0.15) is 30.9 Å². The van der Waals surface area contributed by atoms with Gasteiger partial charge in [-0.2, -0.15) is 0 Å². The molecule has 1 aromatic rings. The lowest BCUT2D eigenvalue weighted by Gasteiger charge is -2.26. The summed E-state index contributed by atoms with van der Waals surface area (Å²) in [6.45, 7) is 1.61. The van der Waals surface area contributed by atoms with E-state index in [9.17, 15) is 4.39 Å². The van der Waals surface area contributed by atoms with E-state index in [1.807, 2.05) is 6.07 Å². The first-order chi connectivity index (χ1) is 8.70. The molecule has 1 atom stereocenters. The Hall–Kier alpha value is -0.680. The van der Waals surface area contributed by atoms with Crippen LogP contribution in [-0.2, 0) is 4.74 Å². The maximum atomic E-state index is 13.4. The minimum absolute atomic E-state index is 0.0418. The molecule has 1 aliphatic rings. The molecule has 0 radical (unpaired) electrons. The van der Waals surface area contributed by atoms with Crippen LogP contribution in [0, 0.1) is 11.7 Å². The summed E-state index contributed by atoms with van der Waals surface area (Å²) in [5, 5.41) is 0.139. The molecule has 0 saturated carbocycles. The second-order valence-electron chi connectivity index (χ2n) is 4.68. The molecule has 0 aliphatic carbocycles. The van der Waals surface area contributed by atoms with E-state index >= 15 is 0 Å². The van der Waals surface area contributed by atoms with Gasteiger partial charge in [-0.3, -0.25) is 11.3 Å². The van der Waals surface area contributed by atoms with Crippen molar-refractivity contribution < 1.29 is 9.13 Å². The standard InChI is InChI=1S/C13H18ClFN2O/c14-11-2-1-10(8-12(11)15)13(17-16)7-9-3-5-18-6-4-9/h1-2,8-9,13,17H,3-7,16H2. The van der Waals surface area contributed by atoms with Crippen molar-refractivity contribution in [3.63, 3.8) is 0 Å². The molecule has 5 heteroatoms. The first-order valence-electron chi connectivity index (χ1n) is 6.19. The van der Waals surface area contributed by atoms with Gasteiger partial charge in [0.1, 0.15) is 5.82 Å². The minimum Gasteiger partial charge on any atom is -0.381 e. The first kappa shape index (κ1) is 13.7. The number of hydrazine groups is 1. The van der Waals surface area contributed by atoms with Crippen molar-refractivity contribution in [1.82, 2.24) is 5.43 Å². The summed E-state index contributed by atoms with van der Waals surface area (Å²) in [5.74, 6) is 5.74. The normalized spacial score (nSPS) is 18.8. The lowest BCUT2D eigenvalue weighted by atomic mass is 9.90. The Labute approximate surface area is 111 Å². The zero-order valence-electron chi connectivity index (χ0n) is 10.2. The van der Waals surface area contributed by atoms with Gasteiger partial charge >= 0.3 is 0 Å². The summed E-state index contributed by atoms with van der Waals surface area (Å²) in [7, 11) is 0. The molecule has 1 fully saturated rings. The molecule has 0 bridgehead atoms. The first-order valence-corrected chi connectivity index (χ1v) is 6.57. The highest BCUT2D eigenvalue weighted by atomic mass is 35.5. The van der Waals surface area contributed by atoms with Crippen molar-refractivity contribution in [2.45, 2.75) is 25.3 Å². The molecule has 2 rings (SSSR count). The van der Waals surface area contributed by atoms with Crippen molar-refractivity contribution in [3.8, 4) is 0 Å². The Kier molecular flexibility index (Phi) is 4.95. The summed E-state index contributed by atoms with van der Waals surface area (Å²) in [4.78, 5) is 0. The fourth-order valence-corrected chi connectivity index (χ4v) is 2.46. The fourth-order valence-electron chi connectivity index (χ4n) is 2.34. The van der Waals surface area contributed by atoms with E-state index in [0.717, 1.165) is 38.0 Å². The number of rotatable bonds is 4. The van der Waals surface area contributed by atoms with E-state index in [1.54, 1.807) is 6.07 Å². The summed E-state index contributed by atoms with van der Waals surface area (Å²) < 4.78 is 18.8. The summed E-state index contributed by atoms with van der Waals surface area (Å²) in [5.41, 5.74) is 3.60. The molecule has 0 amide bonds. The van der Waals surface area contributed by atoms with Crippen LogP contribution in [0.25, 0.3) is 0 Å². The lowest BCUT2D eigenvalue weighted by Crippen LogP contribution is -2.31. The molecule has 1 aromatic carbocycles. The van der Waals surface area contributed by atoms with Gasteiger partial charge in [-0.25, -0.2) is 4.39 Å². The van der Waals surface area contributed by atoms with Gasteiger partial charge in [-0.1, -0.05) is 17.7 Å². The molecule has 1 unspecified atom stereocenters. The van der Waals surface area contributed by atoms with Crippen LogP contribution in [0.4, 0.5) is 4.39 Å². The lowest BCUT2D eigenvalue weighted by molar-refractivity contribution is 0.0605. The van der Waals surface area contributed by atoms with Crippen molar-refractivity contribution in [2.24, 2.45) is 11.8 Å². The van der Waals surface area contributed by atoms with Gasteiger partial charge in [0, 0.05) is 19.3 Å². The molecule has 0 spiro atoms. The number of nitrogens with two attached hydrogens (primary N) is 1. The van der Waals surface area contributed by atoms with Crippen LogP contribution in [0.15, 0.2) is 18.2 Å². The van der Waals surface area contributed by atoms with E-state index in [4.69, 9.17) is 22.2 Å². The highest BCUT2D eigenvalue weighted by Crippen LogP contribution is 2.28. The van der Waals surface area contributed by atoms with Gasteiger partial charge in [0.25, 0.3) is 0 Å². The molecule has 1 heterocycles. The van der Waals surface area contributed by atoms with Crippen LogP contribution >= 0.6 is 11.6 Å². The van der Waals surface area contributed by atoms with E-state index in [-0.39, 0.29) is 11.1 Å². The van der Waals surface area contributed by atoms with Crippen LogP contribution in [0.2, 0.25) is 5.02 Å². The Morgan fingerprint density at radius 3 is 2.78 bits per heavy atom. The van der Waals surface area contributed by atoms with E-state index in [1.165, 1.54) is 6.07 Å². The van der Waals surface area contributed by atoms with Gasteiger partial charge in [-0.15, -0.1) is 0 Å². The second kappa shape index (κ2) is 6.48. The largest absolute Gasteiger partial charge is 0.381 e. The van der Waals surface area contributed by atoms with Crippen LogP contribution in [0.5, 0.6) is 0 Å². The summed E-state index contributed by atoms with van der Waals surface area (Å²) in [6.07, 6.45) is 2.96. The molecule has 1 aliphatic heterocycles. The monoisotopic (exact) mass is 272 g/mol. The zero-order chi connectivity index (χ0) is 13.0. The molecule has 100 valence electrons. The number of hydrogen-bond donors (Lipinski definition) is 2. The average Bonchev–Trinajstić information content (AvgIpc) is 2.40. The molecular formula is C13H18ClFN2O. The molecule has 0 aromatic heterocycles. The molecular weight excluding hydrogens is 255 g/mol. The fraction of sp³-hybridized carbons (Fsp3) is 0.538. The van der Waals surface area contributed by atoms with E-state index in [2.05, 4.69) is 5.43 Å². The van der Waals surface area contributed by atoms with Gasteiger partial charge in [0.15, 0.2) is 0 Å². The number of halogens is 2. The van der Waals surface area contributed by atoms with Gasteiger partial charge in [0.05, 0.1) is 5.02 Å². The summed E-state index contributed by atoms with van der Waals surface area (Å²) >= 11 is 5.68. The smallest absolute Gasteiger partial charge is 0.142 e. The third-order valence-corrected chi connectivity index (χ3v) is 3.76. The SMILES string of the molecule is NNC(CC1CCOCC1)c1ccc(Cl)c(F)c1. The molecule has 3 nitrogen and oxygen atoms in total. The second-order valence-corrected chi connectivity index (χ2v) is 5.09. The highest BCUT2D eigenvalue weighted by molar-refractivity contribution is 6.30. The third kappa shape index (κ3) is 3.42. The maximum Gasteiger partial charge on any atom is 0.142 e. The summed E-state index contributed by atoms with van der Waals surface area (Å²) in [6, 6.07) is 4.79. The number of nitrogens with one attached hydrogen (secondary N) is 1.